The van der Waals surface area contributed by atoms with Gasteiger partial charge in [0.15, 0.2) is 0 Å². The van der Waals surface area contributed by atoms with Crippen LogP contribution in [0.3, 0.4) is 0 Å². The molecule has 0 aliphatic rings. The normalized spacial score (nSPS) is 10.6. The van der Waals surface area contributed by atoms with Gasteiger partial charge >= 0.3 is 0 Å². The van der Waals surface area contributed by atoms with E-state index in [0.717, 1.165) is 29.6 Å². The third-order valence-corrected chi connectivity index (χ3v) is 3.99. The van der Waals surface area contributed by atoms with Crippen molar-refractivity contribution in [1.82, 2.24) is 10.2 Å². The standard InChI is InChI=1S/C15H22N4S/c1-5-8-16-15-18-17-14(20-15)10-19(4)13-7-6-11(2)9-12(13)3/h6-7,9H,5,8,10H2,1-4H3,(H,16,18). The van der Waals surface area contributed by atoms with E-state index >= 15 is 0 Å². The molecule has 108 valence electrons. The molecule has 20 heavy (non-hydrogen) atoms. The number of nitrogens with zero attached hydrogens (tertiary/aromatic N) is 3. The molecule has 2 rings (SSSR count). The van der Waals surface area contributed by atoms with E-state index in [9.17, 15) is 0 Å². The van der Waals surface area contributed by atoms with Gasteiger partial charge in [0, 0.05) is 19.3 Å². The summed E-state index contributed by atoms with van der Waals surface area (Å²) in [5.41, 5.74) is 3.83. The smallest absolute Gasteiger partial charge is 0.205 e. The predicted octanol–water partition coefficient (Wildman–Crippen LogP) is 3.61. The predicted molar refractivity (Wildman–Crippen MR) is 86.7 cm³/mol. The Kier molecular flexibility index (Phi) is 4.95. The van der Waals surface area contributed by atoms with E-state index < -0.39 is 0 Å². The van der Waals surface area contributed by atoms with Gasteiger partial charge in [-0.3, -0.25) is 0 Å². The first-order valence-electron chi connectivity index (χ1n) is 6.94. The summed E-state index contributed by atoms with van der Waals surface area (Å²) in [7, 11) is 2.10. The fourth-order valence-corrected chi connectivity index (χ4v) is 2.96. The van der Waals surface area contributed by atoms with Gasteiger partial charge in [0.05, 0.1) is 6.54 Å². The molecule has 0 amide bonds. The maximum Gasteiger partial charge on any atom is 0.205 e. The topological polar surface area (TPSA) is 41.1 Å². The number of aromatic nitrogens is 2. The fraction of sp³-hybridized carbons (Fsp3) is 0.467. The van der Waals surface area contributed by atoms with Gasteiger partial charge in [0.25, 0.3) is 0 Å². The molecular formula is C15H22N4S. The second kappa shape index (κ2) is 6.70. The van der Waals surface area contributed by atoms with Crippen LogP contribution < -0.4 is 10.2 Å². The van der Waals surface area contributed by atoms with Crippen LogP contribution in [0, 0.1) is 13.8 Å². The zero-order valence-corrected chi connectivity index (χ0v) is 13.4. The molecule has 0 spiro atoms. The van der Waals surface area contributed by atoms with Gasteiger partial charge in [-0.05, 0) is 31.9 Å². The Morgan fingerprint density at radius 1 is 1.25 bits per heavy atom. The van der Waals surface area contributed by atoms with Crippen molar-refractivity contribution < 1.29 is 0 Å². The second-order valence-corrected chi connectivity index (χ2v) is 6.14. The summed E-state index contributed by atoms with van der Waals surface area (Å²) in [6.07, 6.45) is 1.09. The minimum atomic E-state index is 0.787. The van der Waals surface area contributed by atoms with Crippen molar-refractivity contribution in [3.63, 3.8) is 0 Å². The molecule has 0 unspecified atom stereocenters. The van der Waals surface area contributed by atoms with Gasteiger partial charge in [0.1, 0.15) is 5.01 Å². The number of hydrogen-bond acceptors (Lipinski definition) is 5. The summed E-state index contributed by atoms with van der Waals surface area (Å²) in [6, 6.07) is 6.52. The van der Waals surface area contributed by atoms with Gasteiger partial charge in [-0.25, -0.2) is 0 Å². The van der Waals surface area contributed by atoms with Crippen LogP contribution in [0.15, 0.2) is 18.2 Å². The molecule has 0 aliphatic carbocycles. The number of benzene rings is 1. The minimum Gasteiger partial charge on any atom is -0.368 e. The first-order chi connectivity index (χ1) is 9.60. The first kappa shape index (κ1) is 14.8. The van der Waals surface area contributed by atoms with Crippen LogP contribution in [0.4, 0.5) is 10.8 Å². The third-order valence-electron chi connectivity index (χ3n) is 3.13. The van der Waals surface area contributed by atoms with E-state index in [0.29, 0.717) is 0 Å². The Morgan fingerprint density at radius 3 is 2.75 bits per heavy atom. The highest BCUT2D eigenvalue weighted by molar-refractivity contribution is 7.15. The van der Waals surface area contributed by atoms with Crippen molar-refractivity contribution in [2.45, 2.75) is 33.7 Å². The third kappa shape index (κ3) is 3.70. The van der Waals surface area contributed by atoms with Crippen LogP contribution >= 0.6 is 11.3 Å². The quantitative estimate of drug-likeness (QED) is 0.882. The van der Waals surface area contributed by atoms with Crippen LogP contribution in [0.2, 0.25) is 0 Å². The average molecular weight is 290 g/mol. The molecular weight excluding hydrogens is 268 g/mol. The Labute approximate surface area is 124 Å². The maximum atomic E-state index is 4.25. The van der Waals surface area contributed by atoms with Crippen LogP contribution in [-0.2, 0) is 6.54 Å². The lowest BCUT2D eigenvalue weighted by molar-refractivity contribution is 0.874. The molecule has 1 aromatic heterocycles. The van der Waals surface area contributed by atoms with Crippen molar-refractivity contribution in [2.24, 2.45) is 0 Å². The molecule has 1 aromatic carbocycles. The zero-order chi connectivity index (χ0) is 14.5. The summed E-state index contributed by atoms with van der Waals surface area (Å²) in [5.74, 6) is 0. The molecule has 0 saturated heterocycles. The van der Waals surface area contributed by atoms with E-state index in [-0.39, 0.29) is 0 Å². The number of rotatable bonds is 6. The second-order valence-electron chi connectivity index (χ2n) is 5.07. The lowest BCUT2D eigenvalue weighted by Gasteiger charge is -2.20. The van der Waals surface area contributed by atoms with Crippen molar-refractivity contribution in [3.8, 4) is 0 Å². The number of aryl methyl sites for hydroxylation is 2. The van der Waals surface area contributed by atoms with E-state index in [2.05, 4.69) is 66.4 Å². The zero-order valence-electron chi connectivity index (χ0n) is 12.6. The van der Waals surface area contributed by atoms with Gasteiger partial charge in [-0.1, -0.05) is 36.0 Å². The Bertz CT molecular complexity index is 565. The minimum absolute atomic E-state index is 0.787. The summed E-state index contributed by atoms with van der Waals surface area (Å²) < 4.78 is 0. The molecule has 0 saturated carbocycles. The Hall–Kier alpha value is -1.62. The molecule has 4 nitrogen and oxygen atoms in total. The summed E-state index contributed by atoms with van der Waals surface area (Å²) in [6.45, 7) is 8.14. The average Bonchev–Trinajstić information content (AvgIpc) is 2.83. The SMILES string of the molecule is CCCNc1nnc(CN(C)c2ccc(C)cc2C)s1. The molecule has 0 atom stereocenters. The Morgan fingerprint density at radius 2 is 2.05 bits per heavy atom. The number of anilines is 2. The van der Waals surface area contributed by atoms with Crippen molar-refractivity contribution in [2.75, 3.05) is 23.8 Å². The molecule has 1 N–H and O–H groups in total. The molecule has 0 bridgehead atoms. The highest BCUT2D eigenvalue weighted by atomic mass is 32.1. The van der Waals surface area contributed by atoms with Gasteiger partial charge in [-0.2, -0.15) is 0 Å². The van der Waals surface area contributed by atoms with E-state index in [1.165, 1.54) is 16.8 Å². The van der Waals surface area contributed by atoms with Crippen molar-refractivity contribution in [3.05, 3.63) is 34.3 Å². The first-order valence-corrected chi connectivity index (χ1v) is 7.76. The Balaban J connectivity index is 2.03. The van der Waals surface area contributed by atoms with E-state index in [4.69, 9.17) is 0 Å². The van der Waals surface area contributed by atoms with Crippen LogP contribution in [0.1, 0.15) is 29.5 Å². The number of nitrogens with one attached hydrogen (secondary N) is 1. The number of hydrogen-bond donors (Lipinski definition) is 1. The van der Waals surface area contributed by atoms with Crippen LogP contribution in [-0.4, -0.2) is 23.8 Å². The van der Waals surface area contributed by atoms with Crippen LogP contribution in [0.5, 0.6) is 0 Å². The molecule has 1 heterocycles. The van der Waals surface area contributed by atoms with E-state index in [1.807, 2.05) is 0 Å². The van der Waals surface area contributed by atoms with Crippen molar-refractivity contribution in [1.29, 1.82) is 0 Å². The molecule has 5 heteroatoms. The largest absolute Gasteiger partial charge is 0.368 e. The lowest BCUT2D eigenvalue weighted by atomic mass is 10.1. The monoisotopic (exact) mass is 290 g/mol. The van der Waals surface area contributed by atoms with Crippen LogP contribution in [0.25, 0.3) is 0 Å². The molecule has 0 aliphatic heterocycles. The molecule has 0 radical (unpaired) electrons. The van der Waals surface area contributed by atoms with E-state index in [1.54, 1.807) is 11.3 Å². The highest BCUT2D eigenvalue weighted by Gasteiger charge is 2.09. The highest BCUT2D eigenvalue weighted by Crippen LogP contribution is 2.23. The van der Waals surface area contributed by atoms with Gasteiger partial charge in [0.2, 0.25) is 5.13 Å². The lowest BCUT2D eigenvalue weighted by Crippen LogP contribution is -2.17. The van der Waals surface area contributed by atoms with Gasteiger partial charge < -0.3 is 10.2 Å². The maximum absolute atomic E-state index is 4.25. The van der Waals surface area contributed by atoms with Gasteiger partial charge in [-0.15, -0.1) is 10.2 Å². The summed E-state index contributed by atoms with van der Waals surface area (Å²) >= 11 is 1.63. The molecule has 0 fully saturated rings. The fourth-order valence-electron chi connectivity index (χ4n) is 2.14. The molecule has 2 aromatic rings. The summed E-state index contributed by atoms with van der Waals surface area (Å²) in [4.78, 5) is 2.22. The summed E-state index contributed by atoms with van der Waals surface area (Å²) in [5, 5.41) is 13.6. The van der Waals surface area contributed by atoms with Crippen molar-refractivity contribution >= 4 is 22.2 Å².